The number of hydrogen-bond donors (Lipinski definition) is 3. The number of non-ortho nitro benzene ring substituents is 1. The van der Waals surface area contributed by atoms with Gasteiger partial charge in [-0.3, -0.25) is 14.9 Å². The first kappa shape index (κ1) is 23.2. The molecule has 0 saturated heterocycles. The van der Waals surface area contributed by atoms with Crippen LogP contribution in [0.4, 0.5) is 11.4 Å². The Hall–Kier alpha value is -2.13. The molecule has 0 unspecified atom stereocenters. The van der Waals surface area contributed by atoms with Crippen molar-refractivity contribution in [3.8, 4) is 0 Å². The molecule has 29 heavy (non-hydrogen) atoms. The molecule has 0 radical (unpaired) electrons. The van der Waals surface area contributed by atoms with E-state index in [1.165, 1.54) is 18.2 Å². The first-order chi connectivity index (χ1) is 13.5. The third-order valence-electron chi connectivity index (χ3n) is 3.84. The maximum atomic E-state index is 12.5. The summed E-state index contributed by atoms with van der Waals surface area (Å²) in [7, 11) is 0. The number of alkyl halides is 3. The highest BCUT2D eigenvalue weighted by atomic mass is 35.6. The van der Waals surface area contributed by atoms with Gasteiger partial charge in [0, 0.05) is 23.4 Å². The summed E-state index contributed by atoms with van der Waals surface area (Å²) in [6.45, 7) is 3.84. The number of amides is 1. The van der Waals surface area contributed by atoms with Crippen LogP contribution in [-0.4, -0.2) is 25.9 Å². The number of benzene rings is 2. The van der Waals surface area contributed by atoms with Crippen molar-refractivity contribution in [2.24, 2.45) is 0 Å². The zero-order valence-electron chi connectivity index (χ0n) is 15.3. The molecule has 154 valence electrons. The SMILES string of the molecule is Cc1ccc(C)c(NC(=S)N[C@H](NC(=O)c2cccc([N+](=O)[O-])c2)C(Cl)(Cl)Cl)c1. The summed E-state index contributed by atoms with van der Waals surface area (Å²) in [5.74, 6) is -0.674. The lowest BCUT2D eigenvalue weighted by Crippen LogP contribution is -2.56. The molecule has 7 nitrogen and oxygen atoms in total. The number of nitro groups is 1. The fourth-order valence-corrected chi connectivity index (χ4v) is 2.89. The lowest BCUT2D eigenvalue weighted by Gasteiger charge is -2.28. The predicted molar refractivity (Wildman–Crippen MR) is 120 cm³/mol. The second kappa shape index (κ2) is 9.58. The van der Waals surface area contributed by atoms with Gasteiger partial charge in [0.05, 0.1) is 4.92 Å². The van der Waals surface area contributed by atoms with Crippen molar-refractivity contribution in [3.63, 3.8) is 0 Å². The largest absolute Gasteiger partial charge is 0.339 e. The Bertz CT molecular complexity index is 950. The van der Waals surface area contributed by atoms with Crippen LogP contribution in [0.25, 0.3) is 0 Å². The fraction of sp³-hybridized carbons (Fsp3) is 0.222. The molecule has 0 aliphatic rings. The Kier molecular flexibility index (Phi) is 7.65. The zero-order chi connectivity index (χ0) is 21.8. The van der Waals surface area contributed by atoms with E-state index >= 15 is 0 Å². The minimum absolute atomic E-state index is 0.0358. The van der Waals surface area contributed by atoms with Crippen LogP contribution < -0.4 is 16.0 Å². The molecular formula is C18H17Cl3N4O3S. The summed E-state index contributed by atoms with van der Waals surface area (Å²) in [4.78, 5) is 22.8. The molecule has 11 heteroatoms. The van der Waals surface area contributed by atoms with Crippen molar-refractivity contribution in [2.75, 3.05) is 5.32 Å². The molecule has 0 heterocycles. The molecule has 1 amide bonds. The quantitative estimate of drug-likeness (QED) is 0.192. The number of nitrogens with zero attached hydrogens (tertiary/aromatic N) is 1. The Morgan fingerprint density at radius 3 is 2.45 bits per heavy atom. The Morgan fingerprint density at radius 2 is 1.83 bits per heavy atom. The third kappa shape index (κ3) is 6.71. The topological polar surface area (TPSA) is 96.3 Å². The Balaban J connectivity index is 2.14. The molecule has 0 saturated carbocycles. The molecular weight excluding hydrogens is 459 g/mol. The van der Waals surface area contributed by atoms with Crippen LogP contribution in [-0.2, 0) is 0 Å². The first-order valence-electron chi connectivity index (χ1n) is 8.24. The van der Waals surface area contributed by atoms with Crippen molar-refractivity contribution in [3.05, 3.63) is 69.3 Å². The van der Waals surface area contributed by atoms with E-state index in [0.29, 0.717) is 0 Å². The normalized spacial score (nSPS) is 12.0. The number of anilines is 1. The maximum Gasteiger partial charge on any atom is 0.270 e. The van der Waals surface area contributed by atoms with Gasteiger partial charge in [-0.15, -0.1) is 0 Å². The molecule has 0 spiro atoms. The van der Waals surface area contributed by atoms with Gasteiger partial charge in [0.25, 0.3) is 11.6 Å². The molecule has 0 bridgehead atoms. The second-order valence-electron chi connectivity index (χ2n) is 6.17. The standard InChI is InChI=1S/C18H17Cl3N4O3S/c1-10-6-7-11(2)14(8-10)22-17(29)24-16(18(19,20)21)23-15(26)12-4-3-5-13(9-12)25(27)28/h3-9,16H,1-2H3,(H,23,26)(H2,22,24,29)/t16-/m0/s1. The van der Waals surface area contributed by atoms with Crippen molar-refractivity contribution < 1.29 is 9.72 Å². The van der Waals surface area contributed by atoms with Crippen LogP contribution in [0.2, 0.25) is 0 Å². The van der Waals surface area contributed by atoms with E-state index in [0.717, 1.165) is 22.9 Å². The number of aryl methyl sites for hydroxylation is 2. The Labute approximate surface area is 187 Å². The number of rotatable bonds is 5. The molecule has 0 aliphatic heterocycles. The summed E-state index contributed by atoms with van der Waals surface area (Å²) in [5, 5.41) is 19.2. The molecule has 0 aliphatic carbocycles. The van der Waals surface area contributed by atoms with E-state index in [4.69, 9.17) is 47.0 Å². The summed E-state index contributed by atoms with van der Waals surface area (Å²) in [6, 6.07) is 11.0. The average molecular weight is 476 g/mol. The van der Waals surface area contributed by atoms with E-state index in [-0.39, 0.29) is 16.4 Å². The number of carbonyl (C=O) groups is 1. The van der Waals surface area contributed by atoms with Crippen molar-refractivity contribution in [1.82, 2.24) is 10.6 Å². The van der Waals surface area contributed by atoms with Gasteiger partial charge in [0.1, 0.15) is 6.17 Å². The van der Waals surface area contributed by atoms with Crippen LogP contribution in [0.15, 0.2) is 42.5 Å². The van der Waals surface area contributed by atoms with Crippen molar-refractivity contribution >= 4 is 69.4 Å². The van der Waals surface area contributed by atoms with Crippen LogP contribution in [0.5, 0.6) is 0 Å². The third-order valence-corrected chi connectivity index (χ3v) is 4.71. The molecule has 0 aromatic heterocycles. The summed E-state index contributed by atoms with van der Waals surface area (Å²) >= 11 is 23.2. The monoisotopic (exact) mass is 474 g/mol. The van der Waals surface area contributed by atoms with E-state index in [1.54, 1.807) is 0 Å². The van der Waals surface area contributed by atoms with E-state index in [2.05, 4.69) is 16.0 Å². The predicted octanol–water partition coefficient (Wildman–Crippen LogP) is 4.62. The zero-order valence-corrected chi connectivity index (χ0v) is 18.4. The maximum absolute atomic E-state index is 12.5. The lowest BCUT2D eigenvalue weighted by atomic mass is 10.1. The van der Waals surface area contributed by atoms with Gasteiger partial charge in [-0.05, 0) is 49.3 Å². The highest BCUT2D eigenvalue weighted by Crippen LogP contribution is 2.29. The van der Waals surface area contributed by atoms with Gasteiger partial charge in [-0.25, -0.2) is 0 Å². The molecule has 0 fully saturated rings. The van der Waals surface area contributed by atoms with Gasteiger partial charge in [0.2, 0.25) is 3.79 Å². The smallest absolute Gasteiger partial charge is 0.270 e. The second-order valence-corrected chi connectivity index (χ2v) is 8.95. The average Bonchev–Trinajstić information content (AvgIpc) is 2.63. The van der Waals surface area contributed by atoms with Crippen molar-refractivity contribution in [1.29, 1.82) is 0 Å². The molecule has 3 N–H and O–H groups in total. The minimum atomic E-state index is -1.95. The number of nitrogens with one attached hydrogen (secondary N) is 3. The van der Waals surface area contributed by atoms with E-state index in [1.807, 2.05) is 32.0 Å². The molecule has 2 aromatic rings. The number of carbonyl (C=O) groups excluding carboxylic acids is 1. The first-order valence-corrected chi connectivity index (χ1v) is 9.78. The number of thiocarbonyl (C=S) groups is 1. The number of hydrogen-bond acceptors (Lipinski definition) is 4. The van der Waals surface area contributed by atoms with E-state index < -0.39 is 20.8 Å². The summed E-state index contributed by atoms with van der Waals surface area (Å²) in [6.07, 6.45) is -1.20. The highest BCUT2D eigenvalue weighted by Gasteiger charge is 2.35. The molecule has 1 atom stereocenters. The molecule has 2 rings (SSSR count). The minimum Gasteiger partial charge on any atom is -0.339 e. The van der Waals surface area contributed by atoms with Gasteiger partial charge >= 0.3 is 0 Å². The Morgan fingerprint density at radius 1 is 1.14 bits per heavy atom. The van der Waals surface area contributed by atoms with Gasteiger partial charge in [-0.1, -0.05) is 53.0 Å². The van der Waals surface area contributed by atoms with Gasteiger partial charge < -0.3 is 16.0 Å². The van der Waals surface area contributed by atoms with Crippen LogP contribution in [0.1, 0.15) is 21.5 Å². The van der Waals surface area contributed by atoms with Gasteiger partial charge in [-0.2, -0.15) is 0 Å². The van der Waals surface area contributed by atoms with E-state index in [9.17, 15) is 14.9 Å². The number of halogens is 3. The van der Waals surface area contributed by atoms with Crippen LogP contribution >= 0.6 is 47.0 Å². The molecule has 2 aromatic carbocycles. The summed E-state index contributed by atoms with van der Waals surface area (Å²) < 4.78 is -1.95. The van der Waals surface area contributed by atoms with Crippen LogP contribution in [0.3, 0.4) is 0 Å². The summed E-state index contributed by atoms with van der Waals surface area (Å²) in [5.41, 5.74) is 2.54. The van der Waals surface area contributed by atoms with Gasteiger partial charge in [0.15, 0.2) is 5.11 Å². The van der Waals surface area contributed by atoms with Crippen molar-refractivity contribution in [2.45, 2.75) is 23.8 Å². The fourth-order valence-electron chi connectivity index (χ4n) is 2.33. The highest BCUT2D eigenvalue weighted by molar-refractivity contribution is 7.80. The lowest BCUT2D eigenvalue weighted by molar-refractivity contribution is -0.384. The number of nitro benzene ring substituents is 1. The van der Waals surface area contributed by atoms with Crippen LogP contribution in [0, 0.1) is 24.0 Å².